The maximum Gasteiger partial charge on any atom is 0.335 e. The Balaban J connectivity index is 2.21. The maximum atomic E-state index is 13.5. The fraction of sp³-hybridized carbons (Fsp3) is 0.250. The third-order valence-corrected chi connectivity index (χ3v) is 3.67. The number of hydrogen-bond acceptors (Lipinski definition) is 6. The lowest BCUT2D eigenvalue weighted by atomic mass is 10.2. The Kier molecular flexibility index (Phi) is 7.50. The Labute approximate surface area is 162 Å². The number of ether oxygens (including phenoxy) is 2. The van der Waals surface area contributed by atoms with Gasteiger partial charge in [-0.2, -0.15) is 10.1 Å². The number of aromatic nitrogens is 1. The monoisotopic (exact) mass is 387 g/mol. The van der Waals surface area contributed by atoms with Crippen molar-refractivity contribution in [2.75, 3.05) is 11.6 Å². The van der Waals surface area contributed by atoms with Gasteiger partial charge >= 0.3 is 5.97 Å². The second kappa shape index (κ2) is 10.1. The maximum absolute atomic E-state index is 13.5. The molecule has 1 aromatic carbocycles. The molecular formula is C20H22FN3O4. The molecule has 8 heteroatoms. The van der Waals surface area contributed by atoms with Crippen LogP contribution in [0.3, 0.4) is 0 Å². The van der Waals surface area contributed by atoms with Crippen LogP contribution in [0.1, 0.15) is 36.2 Å². The fourth-order valence-electron chi connectivity index (χ4n) is 2.33. The highest BCUT2D eigenvalue weighted by molar-refractivity contribution is 5.88. The third kappa shape index (κ3) is 5.29. The van der Waals surface area contributed by atoms with Crippen molar-refractivity contribution < 1.29 is 23.8 Å². The van der Waals surface area contributed by atoms with Crippen LogP contribution in [-0.4, -0.2) is 29.4 Å². The number of carboxylic acid groups (broad SMARTS) is 1. The van der Waals surface area contributed by atoms with Gasteiger partial charge in [0.1, 0.15) is 18.2 Å². The van der Waals surface area contributed by atoms with Crippen molar-refractivity contribution in [3.63, 3.8) is 0 Å². The fourth-order valence-corrected chi connectivity index (χ4v) is 2.33. The van der Waals surface area contributed by atoms with Crippen LogP contribution in [-0.2, 0) is 11.3 Å². The molecular weight excluding hydrogens is 365 g/mol. The number of benzene rings is 1. The molecule has 148 valence electrons. The molecule has 7 nitrogen and oxygen atoms in total. The molecule has 2 aromatic rings. The number of anilines is 1. The number of aromatic carboxylic acids is 1. The van der Waals surface area contributed by atoms with E-state index < -0.39 is 11.8 Å². The van der Waals surface area contributed by atoms with E-state index in [9.17, 15) is 9.18 Å². The average molecular weight is 387 g/mol. The molecule has 0 aliphatic carbocycles. The number of hydrazone groups is 1. The number of pyridine rings is 1. The Morgan fingerprint density at radius 3 is 2.82 bits per heavy atom. The molecule has 1 heterocycles. The van der Waals surface area contributed by atoms with E-state index in [0.29, 0.717) is 17.9 Å². The van der Waals surface area contributed by atoms with Gasteiger partial charge in [-0.05, 0) is 43.7 Å². The van der Waals surface area contributed by atoms with Gasteiger partial charge in [-0.3, -0.25) is 0 Å². The van der Waals surface area contributed by atoms with E-state index in [0.717, 1.165) is 6.42 Å². The normalized spacial score (nSPS) is 11.0. The predicted molar refractivity (Wildman–Crippen MR) is 104 cm³/mol. The van der Waals surface area contributed by atoms with E-state index in [1.807, 2.05) is 6.92 Å². The van der Waals surface area contributed by atoms with Crippen molar-refractivity contribution in [3.8, 4) is 5.75 Å². The van der Waals surface area contributed by atoms with Gasteiger partial charge in [-0.25, -0.2) is 14.2 Å². The van der Waals surface area contributed by atoms with Crippen LogP contribution in [0.2, 0.25) is 0 Å². The Morgan fingerprint density at radius 1 is 1.39 bits per heavy atom. The standard InChI is InChI=1S/C20H22FN3O4/c1-4-10-27-17-12-16(21)7-6-15(17)13-28-19(5-2)24(22-3)18-11-14(20(25)26)8-9-23-18/h5-9,11-12H,3-4,10,13H2,1-2H3,(H,25,26)/b19-5+. The molecule has 0 atom stereocenters. The van der Waals surface area contributed by atoms with E-state index in [2.05, 4.69) is 16.8 Å². The van der Waals surface area contributed by atoms with E-state index in [-0.39, 0.29) is 23.9 Å². The van der Waals surface area contributed by atoms with Crippen LogP contribution in [0.25, 0.3) is 0 Å². The summed E-state index contributed by atoms with van der Waals surface area (Å²) >= 11 is 0. The van der Waals surface area contributed by atoms with Crippen molar-refractivity contribution in [1.82, 2.24) is 4.98 Å². The molecule has 1 aromatic heterocycles. The molecule has 1 N–H and O–H groups in total. The molecule has 0 amide bonds. The summed E-state index contributed by atoms with van der Waals surface area (Å²) in [6.07, 6.45) is 3.79. The highest BCUT2D eigenvalue weighted by Gasteiger charge is 2.16. The summed E-state index contributed by atoms with van der Waals surface area (Å²) < 4.78 is 24.9. The van der Waals surface area contributed by atoms with Gasteiger partial charge in [0.2, 0.25) is 5.88 Å². The van der Waals surface area contributed by atoms with E-state index >= 15 is 0 Å². The van der Waals surface area contributed by atoms with Gasteiger partial charge < -0.3 is 14.6 Å². The molecule has 2 rings (SSSR count). The van der Waals surface area contributed by atoms with Crippen LogP contribution >= 0.6 is 0 Å². The molecule has 0 saturated heterocycles. The van der Waals surface area contributed by atoms with Crippen molar-refractivity contribution in [2.24, 2.45) is 5.10 Å². The first-order valence-electron chi connectivity index (χ1n) is 8.66. The number of allylic oxidation sites excluding steroid dienone is 1. The molecule has 0 unspecified atom stereocenters. The van der Waals surface area contributed by atoms with Gasteiger partial charge in [-0.15, -0.1) is 0 Å². The summed E-state index contributed by atoms with van der Waals surface area (Å²) in [4.78, 5) is 15.3. The SMILES string of the molecule is C=NN(/C(=C\C)OCc1ccc(F)cc1OCCC)c1cc(C(=O)O)ccn1. The van der Waals surface area contributed by atoms with Gasteiger partial charge in [0.25, 0.3) is 0 Å². The van der Waals surface area contributed by atoms with Crippen molar-refractivity contribution in [3.05, 3.63) is 65.4 Å². The highest BCUT2D eigenvalue weighted by atomic mass is 19.1. The summed E-state index contributed by atoms with van der Waals surface area (Å²) in [7, 11) is 0. The van der Waals surface area contributed by atoms with E-state index in [4.69, 9.17) is 14.6 Å². The Hall–Kier alpha value is -3.42. The molecule has 0 spiro atoms. The van der Waals surface area contributed by atoms with E-state index in [1.165, 1.54) is 35.5 Å². The van der Waals surface area contributed by atoms with Crippen LogP contribution in [0.4, 0.5) is 10.2 Å². The van der Waals surface area contributed by atoms with Crippen molar-refractivity contribution >= 4 is 18.5 Å². The molecule has 0 radical (unpaired) electrons. The zero-order valence-corrected chi connectivity index (χ0v) is 15.8. The minimum absolute atomic E-state index is 0.0582. The first kappa shape index (κ1) is 20.9. The molecule has 0 bridgehead atoms. The summed E-state index contributed by atoms with van der Waals surface area (Å²) in [5.41, 5.74) is 0.716. The minimum Gasteiger partial charge on any atom is -0.493 e. The topological polar surface area (TPSA) is 84.2 Å². The minimum atomic E-state index is -1.08. The predicted octanol–water partition coefficient (Wildman–Crippen LogP) is 4.21. The summed E-state index contributed by atoms with van der Waals surface area (Å²) in [5.74, 6) is -0.549. The Bertz CT molecular complexity index is 870. The quantitative estimate of drug-likeness (QED) is 0.374. The molecule has 0 aliphatic heterocycles. The lowest BCUT2D eigenvalue weighted by Crippen LogP contribution is -2.19. The number of carbonyl (C=O) groups is 1. The zero-order chi connectivity index (χ0) is 20.5. The van der Waals surface area contributed by atoms with Crippen molar-refractivity contribution in [2.45, 2.75) is 26.9 Å². The Morgan fingerprint density at radius 2 is 2.18 bits per heavy atom. The van der Waals surface area contributed by atoms with Crippen LogP contribution in [0.15, 0.2) is 53.6 Å². The number of hydrogen-bond donors (Lipinski definition) is 1. The molecule has 0 fully saturated rings. The van der Waals surface area contributed by atoms with Crippen LogP contribution in [0, 0.1) is 5.82 Å². The second-order valence-corrected chi connectivity index (χ2v) is 5.68. The first-order chi connectivity index (χ1) is 13.5. The highest BCUT2D eigenvalue weighted by Crippen LogP contribution is 2.24. The lowest BCUT2D eigenvalue weighted by molar-refractivity contribution is 0.0696. The van der Waals surface area contributed by atoms with Gasteiger partial charge in [-0.1, -0.05) is 6.92 Å². The second-order valence-electron chi connectivity index (χ2n) is 5.68. The van der Waals surface area contributed by atoms with Crippen LogP contribution < -0.4 is 9.75 Å². The molecule has 0 saturated carbocycles. The van der Waals surface area contributed by atoms with Crippen LogP contribution in [0.5, 0.6) is 5.75 Å². The smallest absolute Gasteiger partial charge is 0.335 e. The van der Waals surface area contributed by atoms with Crippen molar-refractivity contribution in [1.29, 1.82) is 0 Å². The number of carboxylic acids is 1. The number of nitrogens with zero attached hydrogens (tertiary/aromatic N) is 3. The van der Waals surface area contributed by atoms with Gasteiger partial charge in [0, 0.05) is 24.5 Å². The summed E-state index contributed by atoms with van der Waals surface area (Å²) in [6, 6.07) is 6.96. The lowest BCUT2D eigenvalue weighted by Gasteiger charge is -2.21. The van der Waals surface area contributed by atoms with Gasteiger partial charge in [0.05, 0.1) is 12.2 Å². The molecule has 28 heavy (non-hydrogen) atoms. The third-order valence-electron chi connectivity index (χ3n) is 3.67. The zero-order valence-electron chi connectivity index (χ0n) is 15.8. The summed E-state index contributed by atoms with van der Waals surface area (Å²) in [5, 5.41) is 14.3. The number of halogens is 1. The first-order valence-corrected chi connectivity index (χ1v) is 8.66. The number of rotatable bonds is 10. The average Bonchev–Trinajstić information content (AvgIpc) is 2.70. The van der Waals surface area contributed by atoms with E-state index in [1.54, 1.807) is 19.1 Å². The summed E-state index contributed by atoms with van der Waals surface area (Å²) in [6.45, 7) is 7.73. The van der Waals surface area contributed by atoms with Gasteiger partial charge in [0.15, 0.2) is 5.82 Å². The largest absolute Gasteiger partial charge is 0.493 e. The molecule has 0 aliphatic rings.